The van der Waals surface area contributed by atoms with Crippen LogP contribution in [-0.2, 0) is 19.1 Å². The Kier molecular flexibility index (Phi) is 7.54. The summed E-state index contributed by atoms with van der Waals surface area (Å²) >= 11 is 0. The molecule has 0 aromatic carbocycles. The van der Waals surface area contributed by atoms with E-state index in [2.05, 4.69) is 0 Å². The van der Waals surface area contributed by atoms with E-state index in [1.807, 2.05) is 0 Å². The second kappa shape index (κ2) is 8.10. The summed E-state index contributed by atoms with van der Waals surface area (Å²) in [4.78, 5) is 23.0. The average molecular weight is 232 g/mol. The van der Waals surface area contributed by atoms with E-state index < -0.39 is 24.0 Å². The Hall–Kier alpha value is -1.10. The molecule has 0 aromatic rings. The minimum absolute atomic E-state index is 0.0498. The van der Waals surface area contributed by atoms with Crippen LogP contribution in [0.1, 0.15) is 33.6 Å². The third kappa shape index (κ3) is 5.11. The van der Waals surface area contributed by atoms with Crippen molar-refractivity contribution in [1.29, 1.82) is 0 Å². The largest absolute Gasteiger partial charge is 0.465 e. The van der Waals surface area contributed by atoms with Gasteiger partial charge in [-0.05, 0) is 26.7 Å². The van der Waals surface area contributed by atoms with Gasteiger partial charge in [-0.1, -0.05) is 6.92 Å². The predicted octanol–water partition coefficient (Wildman–Crippen LogP) is 0.890. The molecule has 5 nitrogen and oxygen atoms in total. The molecule has 1 N–H and O–H groups in total. The zero-order valence-electron chi connectivity index (χ0n) is 10.1. The van der Waals surface area contributed by atoms with Crippen molar-refractivity contribution < 1.29 is 24.2 Å². The van der Waals surface area contributed by atoms with Crippen molar-refractivity contribution in [3.05, 3.63) is 0 Å². The first kappa shape index (κ1) is 14.9. The summed E-state index contributed by atoms with van der Waals surface area (Å²) in [6.45, 7) is 5.51. The molecule has 0 saturated heterocycles. The smallest absolute Gasteiger partial charge is 0.320 e. The van der Waals surface area contributed by atoms with Crippen LogP contribution in [0.3, 0.4) is 0 Å². The number of aliphatic hydroxyl groups is 1. The van der Waals surface area contributed by atoms with Gasteiger partial charge in [0.15, 0.2) is 5.92 Å². The molecule has 0 saturated carbocycles. The standard InChI is InChI=1S/C11H20O5/c1-4-8(12)7-9(10(13)15-5-2)11(14)16-6-3/h8-9,12H,4-7H2,1-3H3. The molecule has 5 heteroatoms. The first-order valence-electron chi connectivity index (χ1n) is 5.58. The third-order valence-electron chi connectivity index (χ3n) is 2.12. The van der Waals surface area contributed by atoms with Crippen molar-refractivity contribution in [2.24, 2.45) is 5.92 Å². The number of hydrogen-bond donors (Lipinski definition) is 1. The van der Waals surface area contributed by atoms with Crippen LogP contribution >= 0.6 is 0 Å². The average Bonchev–Trinajstić information content (AvgIpc) is 2.25. The topological polar surface area (TPSA) is 72.8 Å². The van der Waals surface area contributed by atoms with Gasteiger partial charge >= 0.3 is 11.9 Å². The van der Waals surface area contributed by atoms with Crippen LogP contribution in [0.4, 0.5) is 0 Å². The number of rotatable bonds is 7. The van der Waals surface area contributed by atoms with Gasteiger partial charge in [0.05, 0.1) is 19.3 Å². The maximum Gasteiger partial charge on any atom is 0.320 e. The minimum atomic E-state index is -1.02. The molecule has 94 valence electrons. The van der Waals surface area contributed by atoms with E-state index in [1.165, 1.54) is 0 Å². The van der Waals surface area contributed by atoms with Crippen LogP contribution in [0, 0.1) is 5.92 Å². The first-order valence-corrected chi connectivity index (χ1v) is 5.58. The Bertz CT molecular complexity index is 208. The van der Waals surface area contributed by atoms with E-state index in [0.29, 0.717) is 6.42 Å². The Morgan fingerprint density at radius 2 is 1.50 bits per heavy atom. The molecule has 0 aliphatic heterocycles. The van der Waals surface area contributed by atoms with Crippen molar-refractivity contribution in [3.8, 4) is 0 Å². The van der Waals surface area contributed by atoms with Gasteiger partial charge < -0.3 is 14.6 Å². The van der Waals surface area contributed by atoms with Gasteiger partial charge in [-0.2, -0.15) is 0 Å². The fourth-order valence-electron chi connectivity index (χ4n) is 1.21. The summed E-state index contributed by atoms with van der Waals surface area (Å²) in [5.41, 5.74) is 0. The molecule has 0 amide bonds. The minimum Gasteiger partial charge on any atom is -0.465 e. The highest BCUT2D eigenvalue weighted by Gasteiger charge is 2.31. The van der Waals surface area contributed by atoms with Crippen LogP contribution in [0.25, 0.3) is 0 Å². The summed E-state index contributed by atoms with van der Waals surface area (Å²) in [6.07, 6.45) is -0.164. The molecule has 0 radical (unpaired) electrons. The monoisotopic (exact) mass is 232 g/mol. The van der Waals surface area contributed by atoms with Gasteiger partial charge in [0.25, 0.3) is 0 Å². The number of aliphatic hydroxyl groups excluding tert-OH is 1. The summed E-state index contributed by atoms with van der Waals surface area (Å²) in [7, 11) is 0. The van der Waals surface area contributed by atoms with Gasteiger partial charge in [0, 0.05) is 0 Å². The Morgan fingerprint density at radius 3 is 1.81 bits per heavy atom. The fourth-order valence-corrected chi connectivity index (χ4v) is 1.21. The van der Waals surface area contributed by atoms with Crippen LogP contribution in [0.2, 0.25) is 0 Å². The lowest BCUT2D eigenvalue weighted by Gasteiger charge is -2.16. The molecular weight excluding hydrogens is 212 g/mol. The SMILES string of the molecule is CCOC(=O)C(CC(O)CC)C(=O)OCC. The van der Waals surface area contributed by atoms with E-state index in [4.69, 9.17) is 9.47 Å². The molecule has 1 unspecified atom stereocenters. The highest BCUT2D eigenvalue weighted by atomic mass is 16.6. The van der Waals surface area contributed by atoms with Gasteiger partial charge in [-0.25, -0.2) is 0 Å². The predicted molar refractivity (Wildman–Crippen MR) is 57.7 cm³/mol. The maximum atomic E-state index is 11.5. The lowest BCUT2D eigenvalue weighted by atomic mass is 10.0. The van der Waals surface area contributed by atoms with Gasteiger partial charge in [-0.15, -0.1) is 0 Å². The Morgan fingerprint density at radius 1 is 1.06 bits per heavy atom. The maximum absolute atomic E-state index is 11.5. The second-order valence-corrected chi connectivity index (χ2v) is 3.35. The van der Waals surface area contributed by atoms with E-state index in [0.717, 1.165) is 0 Å². The molecule has 0 aliphatic carbocycles. The molecule has 0 rings (SSSR count). The zero-order chi connectivity index (χ0) is 12.6. The van der Waals surface area contributed by atoms with E-state index >= 15 is 0 Å². The summed E-state index contributed by atoms with van der Waals surface area (Å²) in [6, 6.07) is 0. The molecule has 16 heavy (non-hydrogen) atoms. The van der Waals surface area contributed by atoms with Crippen LogP contribution in [0.15, 0.2) is 0 Å². The lowest BCUT2D eigenvalue weighted by Crippen LogP contribution is -2.31. The van der Waals surface area contributed by atoms with Crippen molar-refractivity contribution in [2.45, 2.75) is 39.7 Å². The van der Waals surface area contributed by atoms with Crippen LogP contribution in [-0.4, -0.2) is 36.4 Å². The molecule has 0 spiro atoms. The number of hydrogen-bond acceptors (Lipinski definition) is 5. The number of carbonyl (C=O) groups excluding carboxylic acids is 2. The Balaban J connectivity index is 4.49. The quantitative estimate of drug-likeness (QED) is 0.521. The summed E-state index contributed by atoms with van der Waals surface area (Å²) < 4.78 is 9.53. The zero-order valence-corrected chi connectivity index (χ0v) is 10.1. The number of ether oxygens (including phenoxy) is 2. The van der Waals surface area contributed by atoms with E-state index in [1.54, 1.807) is 20.8 Å². The number of esters is 2. The fraction of sp³-hybridized carbons (Fsp3) is 0.818. The molecule has 0 fully saturated rings. The van der Waals surface area contributed by atoms with Gasteiger partial charge in [0.1, 0.15) is 0 Å². The molecular formula is C11H20O5. The summed E-state index contributed by atoms with van der Waals surface area (Å²) in [5, 5.41) is 9.45. The highest BCUT2D eigenvalue weighted by Crippen LogP contribution is 2.13. The van der Waals surface area contributed by atoms with Crippen molar-refractivity contribution in [2.75, 3.05) is 13.2 Å². The highest BCUT2D eigenvalue weighted by molar-refractivity contribution is 5.94. The molecule has 0 aromatic heterocycles. The molecule has 0 heterocycles. The van der Waals surface area contributed by atoms with Crippen molar-refractivity contribution in [3.63, 3.8) is 0 Å². The van der Waals surface area contributed by atoms with Crippen LogP contribution < -0.4 is 0 Å². The second-order valence-electron chi connectivity index (χ2n) is 3.35. The molecule has 1 atom stereocenters. The van der Waals surface area contributed by atoms with Crippen LogP contribution in [0.5, 0.6) is 0 Å². The van der Waals surface area contributed by atoms with Gasteiger partial charge in [0.2, 0.25) is 0 Å². The van der Waals surface area contributed by atoms with Crippen molar-refractivity contribution >= 4 is 11.9 Å². The molecule has 0 aliphatic rings. The normalized spacial score (nSPS) is 12.3. The number of carbonyl (C=O) groups is 2. The summed E-state index contributed by atoms with van der Waals surface area (Å²) in [5.74, 6) is -2.28. The van der Waals surface area contributed by atoms with Crippen molar-refractivity contribution in [1.82, 2.24) is 0 Å². The molecule has 0 bridgehead atoms. The third-order valence-corrected chi connectivity index (χ3v) is 2.12. The van der Waals surface area contributed by atoms with E-state index in [-0.39, 0.29) is 19.6 Å². The Labute approximate surface area is 95.7 Å². The lowest BCUT2D eigenvalue weighted by molar-refractivity contribution is -0.163. The first-order chi connectivity index (χ1) is 7.56. The van der Waals surface area contributed by atoms with E-state index in [9.17, 15) is 14.7 Å². The van der Waals surface area contributed by atoms with Gasteiger partial charge in [-0.3, -0.25) is 9.59 Å².